The highest BCUT2D eigenvalue weighted by Crippen LogP contribution is 2.30. The summed E-state index contributed by atoms with van der Waals surface area (Å²) < 4.78 is 25.8. The monoisotopic (exact) mass is 333 g/mol. The standard InChI is InChI=1S/C11H12ClN3O5S/c1-7-9(12)4-8(5-10(7)15(17)18)21(19,20)14-3-2-13-11(16)6-14/h4-5H,2-3,6H2,1H3,(H,13,16). The predicted molar refractivity (Wildman–Crippen MR) is 74.6 cm³/mol. The second-order valence-electron chi connectivity index (χ2n) is 4.49. The van der Waals surface area contributed by atoms with E-state index >= 15 is 0 Å². The van der Waals surface area contributed by atoms with E-state index in [4.69, 9.17) is 11.6 Å². The van der Waals surface area contributed by atoms with Gasteiger partial charge in [-0.3, -0.25) is 14.9 Å². The van der Waals surface area contributed by atoms with Crippen LogP contribution in [-0.2, 0) is 14.8 Å². The van der Waals surface area contributed by atoms with Crippen LogP contribution >= 0.6 is 11.6 Å². The van der Waals surface area contributed by atoms with Crippen LogP contribution in [0.3, 0.4) is 0 Å². The number of hydrogen-bond acceptors (Lipinski definition) is 5. The molecule has 1 aliphatic heterocycles. The van der Waals surface area contributed by atoms with E-state index in [0.717, 1.165) is 16.4 Å². The Balaban J connectivity index is 2.50. The van der Waals surface area contributed by atoms with Crippen molar-refractivity contribution in [1.82, 2.24) is 9.62 Å². The van der Waals surface area contributed by atoms with Gasteiger partial charge >= 0.3 is 0 Å². The van der Waals surface area contributed by atoms with Crippen LogP contribution in [0.15, 0.2) is 17.0 Å². The Bertz CT molecular complexity index is 719. The average Bonchev–Trinajstić information content (AvgIpc) is 2.41. The van der Waals surface area contributed by atoms with E-state index in [1.807, 2.05) is 0 Å². The molecule has 8 nitrogen and oxygen atoms in total. The Labute approximate surface area is 125 Å². The Kier molecular flexibility index (Phi) is 4.17. The summed E-state index contributed by atoms with van der Waals surface area (Å²) in [6, 6.07) is 2.12. The lowest BCUT2D eigenvalue weighted by Gasteiger charge is -2.26. The maximum Gasteiger partial charge on any atom is 0.275 e. The van der Waals surface area contributed by atoms with E-state index in [1.165, 1.54) is 6.92 Å². The van der Waals surface area contributed by atoms with Gasteiger partial charge in [-0.05, 0) is 13.0 Å². The number of sulfonamides is 1. The van der Waals surface area contributed by atoms with Crippen LogP contribution in [0, 0.1) is 17.0 Å². The lowest BCUT2D eigenvalue weighted by molar-refractivity contribution is -0.385. The summed E-state index contributed by atoms with van der Waals surface area (Å²) in [5.74, 6) is -0.419. The molecule has 0 unspecified atom stereocenters. The number of hydrogen-bond donors (Lipinski definition) is 1. The second-order valence-corrected chi connectivity index (χ2v) is 6.84. The van der Waals surface area contributed by atoms with Crippen LogP contribution in [-0.4, -0.2) is 43.2 Å². The summed E-state index contributed by atoms with van der Waals surface area (Å²) in [6.07, 6.45) is 0. The van der Waals surface area contributed by atoms with E-state index in [1.54, 1.807) is 0 Å². The van der Waals surface area contributed by atoms with Gasteiger partial charge in [0.05, 0.1) is 21.4 Å². The van der Waals surface area contributed by atoms with E-state index in [0.29, 0.717) is 0 Å². The van der Waals surface area contributed by atoms with Crippen molar-refractivity contribution in [2.45, 2.75) is 11.8 Å². The van der Waals surface area contributed by atoms with Crippen LogP contribution in [0.1, 0.15) is 5.56 Å². The molecule has 1 aromatic rings. The predicted octanol–water partition coefficient (Wildman–Crippen LogP) is 0.677. The minimum absolute atomic E-state index is 0.00997. The van der Waals surface area contributed by atoms with Gasteiger partial charge in [0.25, 0.3) is 5.69 Å². The first kappa shape index (κ1) is 15.7. The maximum atomic E-state index is 12.4. The molecule has 1 aliphatic rings. The smallest absolute Gasteiger partial charge is 0.275 e. The summed E-state index contributed by atoms with van der Waals surface area (Å²) in [7, 11) is -4.01. The number of piperazine rings is 1. The molecule has 10 heteroatoms. The largest absolute Gasteiger partial charge is 0.354 e. The molecule has 1 saturated heterocycles. The van der Waals surface area contributed by atoms with Crippen LogP contribution in [0.5, 0.6) is 0 Å². The minimum atomic E-state index is -4.01. The van der Waals surface area contributed by atoms with Gasteiger partial charge in [-0.2, -0.15) is 4.31 Å². The topological polar surface area (TPSA) is 110 Å². The zero-order valence-corrected chi connectivity index (χ0v) is 12.6. The molecule has 0 spiro atoms. The number of nitro groups is 1. The molecule has 114 valence electrons. The molecule has 0 aliphatic carbocycles. The number of nitro benzene ring substituents is 1. The number of benzene rings is 1. The fourth-order valence-corrected chi connectivity index (χ4v) is 3.67. The SMILES string of the molecule is Cc1c(Cl)cc(S(=O)(=O)N2CCNC(=O)C2)cc1[N+](=O)[O-]. The van der Waals surface area contributed by atoms with Gasteiger partial charge in [0.2, 0.25) is 15.9 Å². The summed E-state index contributed by atoms with van der Waals surface area (Å²) in [5.41, 5.74) is -0.181. The fourth-order valence-electron chi connectivity index (χ4n) is 1.95. The third kappa shape index (κ3) is 2.99. The van der Waals surface area contributed by atoms with Gasteiger partial charge in [-0.25, -0.2) is 8.42 Å². The van der Waals surface area contributed by atoms with E-state index < -0.39 is 20.9 Å². The van der Waals surface area contributed by atoms with Gasteiger partial charge in [0.15, 0.2) is 0 Å². The van der Waals surface area contributed by atoms with Crippen LogP contribution in [0.4, 0.5) is 5.69 Å². The van der Waals surface area contributed by atoms with Crippen LogP contribution in [0.2, 0.25) is 5.02 Å². The van der Waals surface area contributed by atoms with Crippen molar-refractivity contribution in [2.24, 2.45) is 0 Å². The first-order valence-electron chi connectivity index (χ1n) is 5.95. The van der Waals surface area contributed by atoms with Gasteiger partial charge < -0.3 is 5.32 Å². The van der Waals surface area contributed by atoms with Crippen LogP contribution in [0.25, 0.3) is 0 Å². The third-order valence-electron chi connectivity index (χ3n) is 3.13. The number of rotatable bonds is 3. The Morgan fingerprint density at radius 2 is 2.10 bits per heavy atom. The highest BCUT2D eigenvalue weighted by atomic mass is 35.5. The van der Waals surface area contributed by atoms with Crippen molar-refractivity contribution < 1.29 is 18.1 Å². The molecule has 0 aromatic heterocycles. The van der Waals surface area contributed by atoms with E-state index in [-0.39, 0.29) is 40.8 Å². The number of nitrogens with one attached hydrogen (secondary N) is 1. The summed E-state index contributed by atoms with van der Waals surface area (Å²) >= 11 is 5.87. The lowest BCUT2D eigenvalue weighted by Crippen LogP contribution is -2.49. The molecule has 1 aromatic carbocycles. The molecule has 1 fully saturated rings. The van der Waals surface area contributed by atoms with Gasteiger partial charge in [-0.15, -0.1) is 0 Å². The van der Waals surface area contributed by atoms with E-state index in [9.17, 15) is 23.3 Å². The molecule has 0 bridgehead atoms. The molecule has 1 amide bonds. The molecule has 1 N–H and O–H groups in total. The maximum absolute atomic E-state index is 12.4. The number of carbonyl (C=O) groups is 1. The molecule has 0 saturated carbocycles. The quantitative estimate of drug-likeness (QED) is 0.646. The van der Waals surface area contributed by atoms with Gasteiger partial charge in [-0.1, -0.05) is 11.6 Å². The molecular formula is C11H12ClN3O5S. The van der Waals surface area contributed by atoms with Crippen LogP contribution < -0.4 is 5.32 Å². The molecule has 21 heavy (non-hydrogen) atoms. The summed E-state index contributed by atoms with van der Waals surface area (Å²) in [4.78, 5) is 21.3. The van der Waals surface area contributed by atoms with Crippen molar-refractivity contribution >= 4 is 33.2 Å². The molecular weight excluding hydrogens is 322 g/mol. The second kappa shape index (κ2) is 5.58. The molecule has 0 atom stereocenters. The Morgan fingerprint density at radius 1 is 1.43 bits per heavy atom. The third-order valence-corrected chi connectivity index (χ3v) is 5.34. The lowest BCUT2D eigenvalue weighted by atomic mass is 10.2. The first-order valence-corrected chi connectivity index (χ1v) is 7.76. The van der Waals surface area contributed by atoms with Crippen molar-refractivity contribution in [1.29, 1.82) is 0 Å². The highest BCUT2D eigenvalue weighted by molar-refractivity contribution is 7.89. The van der Waals surface area contributed by atoms with Crippen molar-refractivity contribution in [3.05, 3.63) is 32.8 Å². The zero-order chi connectivity index (χ0) is 15.8. The summed E-state index contributed by atoms with van der Waals surface area (Å²) in [6.45, 7) is 1.42. The normalized spacial score (nSPS) is 16.6. The zero-order valence-electron chi connectivity index (χ0n) is 11.0. The van der Waals surface area contributed by atoms with Crippen molar-refractivity contribution in [3.63, 3.8) is 0 Å². The average molecular weight is 334 g/mol. The number of halogens is 1. The van der Waals surface area contributed by atoms with Crippen molar-refractivity contribution in [2.75, 3.05) is 19.6 Å². The number of carbonyl (C=O) groups excluding carboxylic acids is 1. The van der Waals surface area contributed by atoms with Gasteiger partial charge in [0, 0.05) is 24.7 Å². The van der Waals surface area contributed by atoms with E-state index in [2.05, 4.69) is 5.32 Å². The summed E-state index contributed by atoms with van der Waals surface area (Å²) in [5, 5.41) is 13.5. The number of amides is 1. The molecule has 2 rings (SSSR count). The van der Waals surface area contributed by atoms with Gasteiger partial charge in [0.1, 0.15) is 0 Å². The first-order chi connectivity index (χ1) is 9.73. The number of nitrogens with zero attached hydrogens (tertiary/aromatic N) is 2. The minimum Gasteiger partial charge on any atom is -0.354 e. The highest BCUT2D eigenvalue weighted by Gasteiger charge is 2.31. The fraction of sp³-hybridized carbons (Fsp3) is 0.364. The van der Waals surface area contributed by atoms with Crippen molar-refractivity contribution in [3.8, 4) is 0 Å². The Hall–Kier alpha value is -1.71. The molecule has 0 radical (unpaired) electrons. The Morgan fingerprint density at radius 3 is 2.67 bits per heavy atom. The molecule has 1 heterocycles.